The lowest BCUT2D eigenvalue weighted by Crippen LogP contribution is -2.24. The van der Waals surface area contributed by atoms with E-state index in [2.05, 4.69) is 181 Å². The van der Waals surface area contributed by atoms with Gasteiger partial charge in [-0.05, 0) is 101 Å². The molecule has 0 amide bonds. The fourth-order valence-corrected chi connectivity index (χ4v) is 8.08. The summed E-state index contributed by atoms with van der Waals surface area (Å²) in [7, 11) is 0. The minimum absolute atomic E-state index is 0.0185. The zero-order valence-corrected chi connectivity index (χ0v) is 27.7. The summed E-state index contributed by atoms with van der Waals surface area (Å²) in [5.74, 6) is 0. The number of hydrogen-bond donors (Lipinski definition) is 0. The van der Waals surface area contributed by atoms with Crippen LogP contribution in [0.5, 0.6) is 0 Å². The van der Waals surface area contributed by atoms with Gasteiger partial charge in [-0.3, -0.25) is 0 Å². The Labute approximate surface area is 287 Å². The van der Waals surface area contributed by atoms with Gasteiger partial charge in [-0.15, -0.1) is 0 Å². The van der Waals surface area contributed by atoms with E-state index >= 15 is 0 Å². The molecule has 0 aliphatic heterocycles. The van der Waals surface area contributed by atoms with Crippen molar-refractivity contribution < 1.29 is 0 Å². The van der Waals surface area contributed by atoms with Crippen LogP contribution in [0.2, 0.25) is 0 Å². The Hall–Kier alpha value is -6.11. The van der Waals surface area contributed by atoms with Crippen molar-refractivity contribution in [2.45, 2.75) is 32.1 Å². The second-order valence-corrected chi connectivity index (χ2v) is 13.8. The predicted octanol–water partition coefficient (Wildman–Crippen LogP) is 12.6. The van der Waals surface area contributed by atoms with Crippen LogP contribution in [-0.4, -0.2) is 0 Å². The van der Waals surface area contributed by atoms with Gasteiger partial charge in [0.2, 0.25) is 0 Å². The molecule has 0 unspecified atom stereocenters. The second-order valence-electron chi connectivity index (χ2n) is 13.8. The first-order valence-corrected chi connectivity index (χ1v) is 17.1. The predicted molar refractivity (Wildman–Crippen MR) is 206 cm³/mol. The molecule has 234 valence electrons. The molecule has 1 aliphatic rings. The lowest BCUT2D eigenvalue weighted by atomic mass is 9.70. The molecule has 0 spiro atoms. The normalized spacial score (nSPS) is 13.5. The molecule has 0 bridgehead atoms. The number of nitrogens with zero attached hydrogens (tertiary/aromatic N) is 3. The maximum atomic E-state index is 10.7. The average molecular weight is 630 g/mol. The van der Waals surface area contributed by atoms with Crippen LogP contribution in [0.4, 0.5) is 34.1 Å². The molecular formula is C46H35N3. The van der Waals surface area contributed by atoms with Crippen LogP contribution in [0.3, 0.4) is 0 Å². The monoisotopic (exact) mass is 629 g/mol. The van der Waals surface area contributed by atoms with E-state index in [1.54, 1.807) is 0 Å². The molecule has 0 heterocycles. The van der Waals surface area contributed by atoms with Gasteiger partial charge in [0, 0.05) is 49.7 Å². The summed E-state index contributed by atoms with van der Waals surface area (Å²) in [6.45, 7) is 4.78. The highest BCUT2D eigenvalue weighted by Gasteiger charge is 2.33. The third kappa shape index (κ3) is 4.56. The molecule has 0 atom stereocenters. The lowest BCUT2D eigenvalue weighted by Gasteiger charge is -2.36. The number of nitriles is 1. The van der Waals surface area contributed by atoms with Crippen molar-refractivity contribution in [2.24, 2.45) is 0 Å². The van der Waals surface area contributed by atoms with Crippen molar-refractivity contribution in [1.82, 2.24) is 0 Å². The number of hydrogen-bond acceptors (Lipinski definition) is 3. The van der Waals surface area contributed by atoms with Gasteiger partial charge in [0.05, 0.1) is 23.0 Å². The molecule has 0 fully saturated rings. The van der Waals surface area contributed by atoms with Crippen molar-refractivity contribution in [3.05, 3.63) is 168 Å². The highest BCUT2D eigenvalue weighted by Crippen LogP contribution is 2.53. The van der Waals surface area contributed by atoms with Crippen molar-refractivity contribution in [3.63, 3.8) is 0 Å². The van der Waals surface area contributed by atoms with Crippen LogP contribution in [0.15, 0.2) is 152 Å². The smallest absolute Gasteiger partial charge is 0.0998 e. The van der Waals surface area contributed by atoms with E-state index in [9.17, 15) is 5.26 Å². The zero-order chi connectivity index (χ0) is 33.1. The number of para-hydroxylation sites is 4. The maximum absolute atomic E-state index is 10.7. The number of anilines is 6. The summed E-state index contributed by atoms with van der Waals surface area (Å²) in [4.78, 5) is 4.71. The van der Waals surface area contributed by atoms with E-state index in [-0.39, 0.29) is 5.41 Å². The lowest BCUT2D eigenvalue weighted by molar-refractivity contribution is 0.475. The SMILES string of the molecule is CC1(C)CCc2cc(N(c3ccccc3)c3ccccc3)c3ccc4c(C#N)cc(N(c5ccccc5)c5ccccc5)c5cc1c2c3c45. The average Bonchev–Trinajstić information content (AvgIpc) is 3.15. The van der Waals surface area contributed by atoms with Gasteiger partial charge in [-0.25, -0.2) is 0 Å². The Bertz CT molecular complexity index is 2440. The number of benzene rings is 8. The quantitative estimate of drug-likeness (QED) is 0.171. The topological polar surface area (TPSA) is 30.3 Å². The Morgan fingerprint density at radius 1 is 0.510 bits per heavy atom. The van der Waals surface area contributed by atoms with Crippen molar-refractivity contribution in [2.75, 3.05) is 9.80 Å². The van der Waals surface area contributed by atoms with Crippen LogP contribution in [0, 0.1) is 11.3 Å². The first kappa shape index (κ1) is 29.1. The summed E-state index contributed by atoms with van der Waals surface area (Å²) in [5.41, 5.74) is 9.93. The third-order valence-electron chi connectivity index (χ3n) is 10.4. The Balaban J connectivity index is 1.46. The van der Waals surface area contributed by atoms with Crippen molar-refractivity contribution in [3.8, 4) is 6.07 Å². The molecule has 0 radical (unpaired) electrons. The van der Waals surface area contributed by atoms with Gasteiger partial charge in [-0.1, -0.05) is 98.8 Å². The van der Waals surface area contributed by atoms with Gasteiger partial charge < -0.3 is 9.80 Å². The van der Waals surface area contributed by atoms with E-state index in [0.717, 1.165) is 57.7 Å². The molecule has 0 N–H and O–H groups in total. The summed E-state index contributed by atoms with van der Waals surface area (Å²) in [5, 5.41) is 17.8. The minimum atomic E-state index is -0.0185. The standard InChI is InChI=1S/C46H35N3/c1-46(2)26-25-31-27-41(48(33-15-7-3-8-16-33)34-17-9-4-10-18-34)38-24-23-37-32(30-47)28-42(39-29-40(46)43(31)45(38)44(37)39)49(35-19-11-5-12-20-35)36-21-13-6-14-22-36/h3-24,27-29H,25-26H2,1-2H3. The molecule has 8 aromatic rings. The second kappa shape index (κ2) is 11.3. The highest BCUT2D eigenvalue weighted by molar-refractivity contribution is 6.30. The van der Waals surface area contributed by atoms with E-state index in [1.165, 1.54) is 32.7 Å². The molecule has 3 nitrogen and oxygen atoms in total. The summed E-state index contributed by atoms with van der Waals surface area (Å²) in [6, 6.07) is 56.4. The molecule has 0 aromatic heterocycles. The van der Waals surface area contributed by atoms with Crippen LogP contribution >= 0.6 is 0 Å². The summed E-state index contributed by atoms with van der Waals surface area (Å²) < 4.78 is 0. The van der Waals surface area contributed by atoms with E-state index < -0.39 is 0 Å². The molecule has 1 aliphatic carbocycles. The Morgan fingerprint density at radius 3 is 1.47 bits per heavy atom. The van der Waals surface area contributed by atoms with E-state index in [1.807, 2.05) is 0 Å². The Morgan fingerprint density at radius 2 is 0.980 bits per heavy atom. The molecule has 8 aromatic carbocycles. The molecule has 49 heavy (non-hydrogen) atoms. The van der Waals surface area contributed by atoms with Crippen LogP contribution in [0.1, 0.15) is 37.0 Å². The number of rotatable bonds is 6. The molecular weight excluding hydrogens is 595 g/mol. The first-order chi connectivity index (χ1) is 24.0. The van der Waals surface area contributed by atoms with Crippen LogP contribution in [-0.2, 0) is 11.8 Å². The Kier molecular flexibility index (Phi) is 6.67. The summed E-state index contributed by atoms with van der Waals surface area (Å²) in [6.07, 6.45) is 2.06. The fraction of sp³-hybridized carbons (Fsp3) is 0.109. The van der Waals surface area contributed by atoms with Gasteiger partial charge in [-0.2, -0.15) is 5.26 Å². The molecule has 3 heteroatoms. The zero-order valence-electron chi connectivity index (χ0n) is 27.7. The third-order valence-corrected chi connectivity index (χ3v) is 10.4. The molecule has 9 rings (SSSR count). The number of aryl methyl sites for hydroxylation is 1. The highest BCUT2D eigenvalue weighted by atomic mass is 15.1. The van der Waals surface area contributed by atoms with Gasteiger partial charge in [0.25, 0.3) is 0 Å². The van der Waals surface area contributed by atoms with Gasteiger partial charge in [0.15, 0.2) is 0 Å². The van der Waals surface area contributed by atoms with Gasteiger partial charge >= 0.3 is 0 Å². The molecule has 0 saturated carbocycles. The van der Waals surface area contributed by atoms with Crippen LogP contribution in [0.25, 0.3) is 32.3 Å². The van der Waals surface area contributed by atoms with Gasteiger partial charge in [0.1, 0.15) is 0 Å². The first-order valence-electron chi connectivity index (χ1n) is 17.1. The van der Waals surface area contributed by atoms with E-state index in [4.69, 9.17) is 0 Å². The van der Waals surface area contributed by atoms with Crippen molar-refractivity contribution in [1.29, 1.82) is 5.26 Å². The van der Waals surface area contributed by atoms with Crippen LogP contribution < -0.4 is 9.80 Å². The minimum Gasteiger partial charge on any atom is -0.310 e. The van der Waals surface area contributed by atoms with Crippen molar-refractivity contribution >= 4 is 66.4 Å². The maximum Gasteiger partial charge on any atom is 0.0998 e. The molecule has 0 saturated heterocycles. The van der Waals surface area contributed by atoms with E-state index in [0.29, 0.717) is 5.56 Å². The summed E-state index contributed by atoms with van der Waals surface area (Å²) >= 11 is 0. The fourth-order valence-electron chi connectivity index (χ4n) is 8.08. The largest absolute Gasteiger partial charge is 0.310 e.